The van der Waals surface area contributed by atoms with Gasteiger partial charge in [0.05, 0.1) is 11.5 Å². The molecule has 8 heteroatoms. The molecule has 0 aliphatic rings. The van der Waals surface area contributed by atoms with Gasteiger partial charge in [-0.15, -0.1) is 10.2 Å². The lowest BCUT2D eigenvalue weighted by Gasteiger charge is -2.17. The minimum absolute atomic E-state index is 0.0263. The van der Waals surface area contributed by atoms with Gasteiger partial charge in [0.15, 0.2) is 5.82 Å². The smallest absolute Gasteiger partial charge is 0.269 e. The maximum atomic E-state index is 10.8. The predicted molar refractivity (Wildman–Crippen MR) is 71.8 cm³/mol. The van der Waals surface area contributed by atoms with Crippen LogP contribution in [0.15, 0.2) is 24.3 Å². The number of nitro groups is 1. The first-order chi connectivity index (χ1) is 9.70. The molecule has 106 valence electrons. The van der Waals surface area contributed by atoms with Gasteiger partial charge in [0.2, 0.25) is 0 Å². The van der Waals surface area contributed by atoms with Gasteiger partial charge in [0.25, 0.3) is 5.69 Å². The summed E-state index contributed by atoms with van der Waals surface area (Å²) in [5.74, 6) is 0.566. The van der Waals surface area contributed by atoms with Gasteiger partial charge in [0, 0.05) is 18.2 Å². The van der Waals surface area contributed by atoms with Crippen LogP contribution in [0.4, 0.5) is 5.69 Å². The number of non-ortho nitro benzene ring substituents is 1. The van der Waals surface area contributed by atoms with Gasteiger partial charge >= 0.3 is 0 Å². The summed E-state index contributed by atoms with van der Waals surface area (Å²) in [7, 11) is 0. The van der Waals surface area contributed by atoms with Gasteiger partial charge in [-0.1, -0.05) is 30.7 Å². The lowest BCUT2D eigenvalue weighted by Crippen LogP contribution is -2.21. The summed E-state index contributed by atoms with van der Waals surface area (Å²) in [4.78, 5) is 10.4. The predicted octanol–water partition coefficient (Wildman–Crippen LogP) is 1.74. The SMILES string of the molecule is CCCC(NCc1nn[nH]n1)c1cccc([N+](=O)[O-])c1. The Bertz CT molecular complexity index is 557. The molecule has 1 unspecified atom stereocenters. The van der Waals surface area contributed by atoms with Crippen LogP contribution in [0.2, 0.25) is 0 Å². The van der Waals surface area contributed by atoms with E-state index in [1.807, 2.05) is 6.07 Å². The molecule has 0 saturated heterocycles. The Hall–Kier alpha value is -2.35. The van der Waals surface area contributed by atoms with E-state index in [0.717, 1.165) is 18.4 Å². The minimum atomic E-state index is -0.383. The van der Waals surface area contributed by atoms with E-state index in [0.29, 0.717) is 12.4 Å². The monoisotopic (exact) mass is 276 g/mol. The Balaban J connectivity index is 2.10. The lowest BCUT2D eigenvalue weighted by molar-refractivity contribution is -0.384. The van der Waals surface area contributed by atoms with Crippen LogP contribution >= 0.6 is 0 Å². The first kappa shape index (κ1) is 14.1. The van der Waals surface area contributed by atoms with E-state index >= 15 is 0 Å². The van der Waals surface area contributed by atoms with Crippen molar-refractivity contribution in [1.82, 2.24) is 25.9 Å². The topological polar surface area (TPSA) is 110 Å². The van der Waals surface area contributed by atoms with Crippen molar-refractivity contribution in [3.8, 4) is 0 Å². The van der Waals surface area contributed by atoms with E-state index in [1.165, 1.54) is 6.07 Å². The Labute approximate surface area is 115 Å². The molecule has 0 bridgehead atoms. The molecule has 1 atom stereocenters. The van der Waals surface area contributed by atoms with Crippen LogP contribution < -0.4 is 5.32 Å². The largest absolute Gasteiger partial charge is 0.303 e. The van der Waals surface area contributed by atoms with E-state index in [9.17, 15) is 10.1 Å². The van der Waals surface area contributed by atoms with E-state index in [4.69, 9.17) is 0 Å². The molecule has 0 aliphatic heterocycles. The van der Waals surface area contributed by atoms with Crippen molar-refractivity contribution in [2.75, 3.05) is 0 Å². The fourth-order valence-electron chi connectivity index (χ4n) is 2.00. The van der Waals surface area contributed by atoms with Crippen molar-refractivity contribution in [2.24, 2.45) is 0 Å². The van der Waals surface area contributed by atoms with Gasteiger partial charge in [-0.05, 0) is 12.0 Å². The maximum Gasteiger partial charge on any atom is 0.269 e. The molecule has 0 radical (unpaired) electrons. The zero-order valence-electron chi connectivity index (χ0n) is 11.1. The fraction of sp³-hybridized carbons (Fsp3) is 0.417. The molecule has 8 nitrogen and oxygen atoms in total. The third kappa shape index (κ3) is 3.58. The summed E-state index contributed by atoms with van der Waals surface area (Å²) in [6.45, 7) is 2.53. The first-order valence-electron chi connectivity index (χ1n) is 6.40. The molecule has 2 aromatic rings. The standard InChI is InChI=1S/C12H16N6O2/c1-2-4-11(13-8-12-14-16-17-15-12)9-5-3-6-10(7-9)18(19)20/h3,5-7,11,13H,2,4,8H2,1H3,(H,14,15,16,17). The van der Waals surface area contributed by atoms with Crippen LogP contribution in [-0.2, 0) is 6.54 Å². The molecule has 0 amide bonds. The number of benzene rings is 1. The number of aromatic amines is 1. The maximum absolute atomic E-state index is 10.8. The third-order valence-electron chi connectivity index (χ3n) is 2.96. The van der Waals surface area contributed by atoms with Crippen LogP contribution in [0.1, 0.15) is 37.2 Å². The number of hydrogen-bond donors (Lipinski definition) is 2. The molecular weight excluding hydrogens is 260 g/mol. The van der Waals surface area contributed by atoms with Crippen LogP contribution in [0.25, 0.3) is 0 Å². The van der Waals surface area contributed by atoms with Crippen molar-refractivity contribution in [3.05, 3.63) is 45.8 Å². The van der Waals surface area contributed by atoms with Gasteiger partial charge in [-0.25, -0.2) is 0 Å². The average molecular weight is 276 g/mol. The molecule has 0 spiro atoms. The van der Waals surface area contributed by atoms with E-state index in [-0.39, 0.29) is 16.7 Å². The fourth-order valence-corrected chi connectivity index (χ4v) is 2.00. The highest BCUT2D eigenvalue weighted by Gasteiger charge is 2.14. The molecule has 0 saturated carbocycles. The minimum Gasteiger partial charge on any atom is -0.303 e. The number of nitro benzene ring substituents is 1. The second-order valence-corrected chi connectivity index (χ2v) is 4.40. The molecule has 2 N–H and O–H groups in total. The second-order valence-electron chi connectivity index (χ2n) is 4.40. The van der Waals surface area contributed by atoms with Gasteiger partial charge in [0.1, 0.15) is 0 Å². The number of H-pyrrole nitrogens is 1. The number of nitrogens with zero attached hydrogens (tertiary/aromatic N) is 4. The lowest BCUT2D eigenvalue weighted by atomic mass is 10.0. The first-order valence-corrected chi connectivity index (χ1v) is 6.40. The Kier molecular flexibility index (Phi) is 4.72. The molecular formula is C12H16N6O2. The Morgan fingerprint density at radius 1 is 1.50 bits per heavy atom. The molecule has 1 aromatic carbocycles. The zero-order valence-corrected chi connectivity index (χ0v) is 11.1. The van der Waals surface area contributed by atoms with Gasteiger partial charge in [-0.2, -0.15) is 5.21 Å². The number of rotatable bonds is 7. The summed E-state index contributed by atoms with van der Waals surface area (Å²) in [6, 6.07) is 6.70. The molecule has 2 rings (SSSR count). The number of tetrazole rings is 1. The van der Waals surface area contributed by atoms with Crippen molar-refractivity contribution in [3.63, 3.8) is 0 Å². The summed E-state index contributed by atoms with van der Waals surface area (Å²) in [6.07, 6.45) is 1.84. The molecule has 0 aliphatic carbocycles. The van der Waals surface area contributed by atoms with Crippen LogP contribution in [0.3, 0.4) is 0 Å². The summed E-state index contributed by atoms with van der Waals surface area (Å²) >= 11 is 0. The van der Waals surface area contributed by atoms with E-state index in [1.54, 1.807) is 12.1 Å². The zero-order chi connectivity index (χ0) is 14.4. The second kappa shape index (κ2) is 6.71. The van der Waals surface area contributed by atoms with Crippen LogP contribution in [0.5, 0.6) is 0 Å². The molecule has 1 heterocycles. The normalized spacial score (nSPS) is 12.2. The van der Waals surface area contributed by atoms with Gasteiger partial charge in [-0.3, -0.25) is 10.1 Å². The number of aromatic nitrogens is 4. The van der Waals surface area contributed by atoms with Gasteiger partial charge < -0.3 is 5.32 Å². The third-order valence-corrected chi connectivity index (χ3v) is 2.96. The van der Waals surface area contributed by atoms with E-state index in [2.05, 4.69) is 32.9 Å². The van der Waals surface area contributed by atoms with Crippen molar-refractivity contribution in [2.45, 2.75) is 32.4 Å². The van der Waals surface area contributed by atoms with Crippen LogP contribution in [0, 0.1) is 10.1 Å². The van der Waals surface area contributed by atoms with E-state index < -0.39 is 0 Å². The average Bonchev–Trinajstić information content (AvgIpc) is 2.97. The summed E-state index contributed by atoms with van der Waals surface area (Å²) in [5, 5.41) is 27.7. The molecule has 1 aromatic heterocycles. The Morgan fingerprint density at radius 3 is 3.00 bits per heavy atom. The number of hydrogen-bond acceptors (Lipinski definition) is 6. The summed E-state index contributed by atoms with van der Waals surface area (Å²) < 4.78 is 0. The Morgan fingerprint density at radius 2 is 2.35 bits per heavy atom. The van der Waals surface area contributed by atoms with Crippen LogP contribution in [-0.4, -0.2) is 25.5 Å². The van der Waals surface area contributed by atoms with Crippen molar-refractivity contribution in [1.29, 1.82) is 0 Å². The molecule has 20 heavy (non-hydrogen) atoms. The molecule has 0 fully saturated rings. The quantitative estimate of drug-likeness (QED) is 0.588. The number of nitrogens with one attached hydrogen (secondary N) is 2. The highest BCUT2D eigenvalue weighted by atomic mass is 16.6. The summed E-state index contributed by atoms with van der Waals surface area (Å²) in [5.41, 5.74) is 0.995. The highest BCUT2D eigenvalue weighted by Crippen LogP contribution is 2.23. The highest BCUT2D eigenvalue weighted by molar-refractivity contribution is 5.35. The van der Waals surface area contributed by atoms with Crippen molar-refractivity contribution < 1.29 is 4.92 Å². The van der Waals surface area contributed by atoms with Crippen molar-refractivity contribution >= 4 is 5.69 Å².